The lowest BCUT2D eigenvalue weighted by atomic mass is 9.69. The fourth-order valence-corrected chi connectivity index (χ4v) is 3.55. The molecule has 2 rings (SSSR count). The minimum atomic E-state index is -0.0168. The smallest absolute Gasteiger partial charge is 0.158 e. The molecule has 4 heteroatoms. The molecule has 0 spiro atoms. The van der Waals surface area contributed by atoms with Crippen molar-refractivity contribution in [1.29, 1.82) is 0 Å². The molecular formula is C17H31N3O. The van der Waals surface area contributed by atoms with Gasteiger partial charge in [-0.1, -0.05) is 34.6 Å². The monoisotopic (exact) mass is 293 g/mol. The lowest BCUT2D eigenvalue weighted by Crippen LogP contribution is -2.26. The highest BCUT2D eigenvalue weighted by atomic mass is 16.3. The number of hydrogen-bond acceptors (Lipinski definition) is 3. The van der Waals surface area contributed by atoms with Gasteiger partial charge in [0.25, 0.3) is 0 Å². The van der Waals surface area contributed by atoms with Crippen molar-refractivity contribution >= 4 is 0 Å². The second-order valence-corrected chi connectivity index (χ2v) is 8.05. The van der Waals surface area contributed by atoms with Gasteiger partial charge in [-0.25, -0.2) is 0 Å². The molecule has 1 aliphatic carbocycles. The molecule has 0 bridgehead atoms. The fraction of sp³-hybridized carbons (Fsp3) is 0.882. The predicted molar refractivity (Wildman–Crippen MR) is 84.9 cm³/mol. The number of nitrogens with zero attached hydrogens (tertiary/aromatic N) is 3. The maximum atomic E-state index is 9.47. The Morgan fingerprint density at radius 2 is 1.76 bits per heavy atom. The summed E-state index contributed by atoms with van der Waals surface area (Å²) in [7, 11) is 0. The van der Waals surface area contributed by atoms with Crippen LogP contribution in [0.1, 0.15) is 77.9 Å². The average Bonchev–Trinajstić information content (AvgIpc) is 2.80. The van der Waals surface area contributed by atoms with Crippen molar-refractivity contribution in [3.8, 4) is 0 Å². The van der Waals surface area contributed by atoms with Crippen LogP contribution in [0.3, 0.4) is 0 Å². The molecule has 21 heavy (non-hydrogen) atoms. The quantitative estimate of drug-likeness (QED) is 0.920. The molecule has 0 unspecified atom stereocenters. The first-order valence-electron chi connectivity index (χ1n) is 8.35. The van der Waals surface area contributed by atoms with Crippen LogP contribution in [0.15, 0.2) is 0 Å². The summed E-state index contributed by atoms with van der Waals surface area (Å²) in [5.41, 5.74) is 0.410. The molecule has 1 fully saturated rings. The van der Waals surface area contributed by atoms with Crippen molar-refractivity contribution in [1.82, 2.24) is 14.8 Å². The fourth-order valence-electron chi connectivity index (χ4n) is 3.55. The van der Waals surface area contributed by atoms with Gasteiger partial charge in [-0.05, 0) is 42.9 Å². The van der Waals surface area contributed by atoms with E-state index in [1.54, 1.807) is 0 Å². The zero-order chi connectivity index (χ0) is 15.6. The summed E-state index contributed by atoms with van der Waals surface area (Å²) in [6, 6.07) is 0. The Balaban J connectivity index is 2.11. The number of aliphatic hydroxyl groups excluding tert-OH is 1. The lowest BCUT2D eigenvalue weighted by molar-refractivity contribution is 0.165. The molecule has 0 atom stereocenters. The molecule has 0 aromatic carbocycles. The summed E-state index contributed by atoms with van der Waals surface area (Å²) in [5, 5.41) is 18.1. The standard InChI is InChI=1S/C17H31N3O/c1-12(2)10-20-15(11-21)18-19-16(20)13-6-8-14(9-7-13)17(3,4)5/h12-14,21H,6-11H2,1-5H3. The highest BCUT2D eigenvalue weighted by Gasteiger charge is 2.32. The van der Waals surface area contributed by atoms with Crippen LogP contribution < -0.4 is 0 Å². The molecule has 1 aromatic heterocycles. The van der Waals surface area contributed by atoms with E-state index in [1.165, 1.54) is 25.7 Å². The highest BCUT2D eigenvalue weighted by molar-refractivity contribution is 5.04. The van der Waals surface area contributed by atoms with Gasteiger partial charge in [0.05, 0.1) is 0 Å². The third-order valence-corrected chi connectivity index (χ3v) is 4.86. The van der Waals surface area contributed by atoms with E-state index in [2.05, 4.69) is 49.4 Å². The molecule has 1 saturated carbocycles. The van der Waals surface area contributed by atoms with Crippen molar-refractivity contribution in [3.05, 3.63) is 11.6 Å². The molecule has 1 N–H and O–H groups in total. The molecule has 0 radical (unpaired) electrons. The molecule has 4 nitrogen and oxygen atoms in total. The second kappa shape index (κ2) is 6.47. The van der Waals surface area contributed by atoms with Crippen LogP contribution in [-0.4, -0.2) is 19.9 Å². The van der Waals surface area contributed by atoms with Gasteiger partial charge >= 0.3 is 0 Å². The Kier molecular flexibility index (Phi) is 5.07. The first-order chi connectivity index (χ1) is 9.82. The van der Waals surface area contributed by atoms with Gasteiger partial charge in [0, 0.05) is 12.5 Å². The van der Waals surface area contributed by atoms with E-state index in [4.69, 9.17) is 0 Å². The van der Waals surface area contributed by atoms with Crippen molar-refractivity contribution < 1.29 is 5.11 Å². The summed E-state index contributed by atoms with van der Waals surface area (Å²) in [6.45, 7) is 12.3. The summed E-state index contributed by atoms with van der Waals surface area (Å²) in [4.78, 5) is 0. The summed E-state index contributed by atoms with van der Waals surface area (Å²) in [5.74, 6) is 3.68. The number of hydrogen-bond donors (Lipinski definition) is 1. The Hall–Kier alpha value is -0.900. The SMILES string of the molecule is CC(C)Cn1c(CO)nnc1C1CCC(C(C)(C)C)CC1. The molecule has 0 aliphatic heterocycles. The van der Waals surface area contributed by atoms with Crippen LogP contribution in [-0.2, 0) is 13.2 Å². The van der Waals surface area contributed by atoms with E-state index in [0.717, 1.165) is 24.1 Å². The minimum absolute atomic E-state index is 0.0168. The molecule has 1 heterocycles. The first-order valence-corrected chi connectivity index (χ1v) is 8.35. The van der Waals surface area contributed by atoms with Gasteiger partial charge in [-0.2, -0.15) is 0 Å². The molecule has 1 aliphatic rings. The first kappa shape index (κ1) is 16.5. The Labute approximate surface area is 129 Å². The van der Waals surface area contributed by atoms with Crippen molar-refractivity contribution in [2.75, 3.05) is 0 Å². The Bertz CT molecular complexity index is 451. The average molecular weight is 293 g/mol. The van der Waals surface area contributed by atoms with E-state index < -0.39 is 0 Å². The van der Waals surface area contributed by atoms with Crippen LogP contribution in [0.2, 0.25) is 0 Å². The zero-order valence-corrected chi connectivity index (χ0v) is 14.3. The largest absolute Gasteiger partial charge is 0.388 e. The summed E-state index contributed by atoms with van der Waals surface area (Å²) in [6.07, 6.45) is 4.95. The van der Waals surface area contributed by atoms with Crippen molar-refractivity contribution in [3.63, 3.8) is 0 Å². The van der Waals surface area contributed by atoms with E-state index in [1.807, 2.05) is 0 Å². The van der Waals surface area contributed by atoms with Gasteiger partial charge in [0.15, 0.2) is 5.82 Å². The molecule has 120 valence electrons. The lowest BCUT2D eigenvalue weighted by Gasteiger charge is -2.36. The minimum Gasteiger partial charge on any atom is -0.388 e. The number of aromatic nitrogens is 3. The van der Waals surface area contributed by atoms with E-state index in [-0.39, 0.29) is 6.61 Å². The maximum absolute atomic E-state index is 9.47. The summed E-state index contributed by atoms with van der Waals surface area (Å²) >= 11 is 0. The Morgan fingerprint density at radius 1 is 1.14 bits per heavy atom. The van der Waals surface area contributed by atoms with Gasteiger partial charge < -0.3 is 9.67 Å². The highest BCUT2D eigenvalue weighted by Crippen LogP contribution is 2.42. The van der Waals surface area contributed by atoms with E-state index in [9.17, 15) is 5.11 Å². The second-order valence-electron chi connectivity index (χ2n) is 8.05. The third-order valence-electron chi connectivity index (χ3n) is 4.86. The van der Waals surface area contributed by atoms with Gasteiger partial charge in [0.1, 0.15) is 12.4 Å². The van der Waals surface area contributed by atoms with Crippen LogP contribution in [0.25, 0.3) is 0 Å². The topological polar surface area (TPSA) is 50.9 Å². The van der Waals surface area contributed by atoms with E-state index in [0.29, 0.717) is 17.3 Å². The molecular weight excluding hydrogens is 262 g/mol. The number of aliphatic hydroxyl groups is 1. The van der Waals surface area contributed by atoms with Crippen LogP contribution >= 0.6 is 0 Å². The maximum Gasteiger partial charge on any atom is 0.158 e. The molecule has 1 aromatic rings. The van der Waals surface area contributed by atoms with Crippen LogP contribution in [0.4, 0.5) is 0 Å². The molecule has 0 amide bonds. The van der Waals surface area contributed by atoms with Crippen LogP contribution in [0.5, 0.6) is 0 Å². The summed E-state index contributed by atoms with van der Waals surface area (Å²) < 4.78 is 2.16. The van der Waals surface area contributed by atoms with E-state index >= 15 is 0 Å². The predicted octanol–water partition coefficient (Wildman–Crippen LogP) is 3.75. The van der Waals surface area contributed by atoms with Gasteiger partial charge in [-0.15, -0.1) is 10.2 Å². The van der Waals surface area contributed by atoms with Crippen molar-refractivity contribution in [2.24, 2.45) is 17.3 Å². The normalized spacial score (nSPS) is 23.8. The molecule has 0 saturated heterocycles. The Morgan fingerprint density at radius 3 is 2.24 bits per heavy atom. The van der Waals surface area contributed by atoms with Gasteiger partial charge in [-0.3, -0.25) is 0 Å². The van der Waals surface area contributed by atoms with Gasteiger partial charge in [0.2, 0.25) is 0 Å². The number of rotatable bonds is 4. The van der Waals surface area contributed by atoms with Crippen molar-refractivity contribution in [2.45, 2.75) is 79.4 Å². The third kappa shape index (κ3) is 3.85. The van der Waals surface area contributed by atoms with Crippen LogP contribution in [0, 0.1) is 17.3 Å². The zero-order valence-electron chi connectivity index (χ0n) is 14.3.